The standard InChI is InChI=1S/C29H36ClN7O2/c1-6-7-12-25-31-27(30)24(18-39-29(38)26(19(2)3)36(4)5)37(25)17-20-13-15-21(16-14-20)22-10-8-9-11-23(22)28-32-34-35-33-28/h8-11,13-16,19,26H,6-7,12,17-18H2,1-5H3,(H,32,33,34,35)/t26-/m1/s1. The highest BCUT2D eigenvalue weighted by molar-refractivity contribution is 6.30. The van der Waals surface area contributed by atoms with Crippen LogP contribution < -0.4 is 0 Å². The molecule has 1 N–H and O–H groups in total. The molecule has 4 rings (SSSR count). The number of ether oxygens (including phenoxy) is 1. The van der Waals surface area contributed by atoms with Gasteiger partial charge in [-0.25, -0.2) is 4.98 Å². The van der Waals surface area contributed by atoms with Crippen LogP contribution in [0.3, 0.4) is 0 Å². The molecule has 10 heteroatoms. The number of esters is 1. The minimum absolute atomic E-state index is 0.0734. The van der Waals surface area contributed by atoms with Crippen LogP contribution in [-0.2, 0) is 29.1 Å². The van der Waals surface area contributed by atoms with E-state index in [1.165, 1.54) is 0 Å². The Labute approximate surface area is 234 Å². The lowest BCUT2D eigenvalue weighted by molar-refractivity contribution is -0.152. The fourth-order valence-corrected chi connectivity index (χ4v) is 5.09. The Hall–Kier alpha value is -3.56. The second-order valence-electron chi connectivity index (χ2n) is 10.2. The summed E-state index contributed by atoms with van der Waals surface area (Å²) in [5.41, 5.74) is 4.77. The number of hydrogen-bond acceptors (Lipinski definition) is 7. The van der Waals surface area contributed by atoms with Crippen molar-refractivity contribution in [1.82, 2.24) is 35.1 Å². The molecule has 0 aliphatic carbocycles. The third-order valence-corrected chi connectivity index (χ3v) is 7.06. The van der Waals surface area contributed by atoms with Crippen molar-refractivity contribution in [2.45, 2.75) is 59.2 Å². The molecule has 0 aliphatic heterocycles. The van der Waals surface area contributed by atoms with Crippen LogP contribution in [0.5, 0.6) is 0 Å². The van der Waals surface area contributed by atoms with Crippen LogP contribution in [0.4, 0.5) is 0 Å². The van der Waals surface area contributed by atoms with Gasteiger partial charge in [-0.05, 0) is 48.3 Å². The summed E-state index contributed by atoms with van der Waals surface area (Å²) in [4.78, 5) is 19.4. The van der Waals surface area contributed by atoms with Gasteiger partial charge in [0.2, 0.25) is 5.82 Å². The molecule has 2 aromatic heterocycles. The number of aromatic amines is 1. The van der Waals surface area contributed by atoms with E-state index < -0.39 is 0 Å². The summed E-state index contributed by atoms with van der Waals surface area (Å²) in [6.45, 7) is 6.81. The molecule has 0 aliphatic rings. The minimum Gasteiger partial charge on any atom is -0.458 e. The number of aromatic nitrogens is 6. The van der Waals surface area contributed by atoms with Gasteiger partial charge in [-0.3, -0.25) is 9.69 Å². The highest BCUT2D eigenvalue weighted by Crippen LogP contribution is 2.30. The molecule has 2 heterocycles. The van der Waals surface area contributed by atoms with E-state index >= 15 is 0 Å². The van der Waals surface area contributed by atoms with E-state index in [0.717, 1.165) is 47.3 Å². The Morgan fingerprint density at radius 1 is 1.10 bits per heavy atom. The number of benzene rings is 2. The number of unbranched alkanes of at least 4 members (excludes halogenated alkanes) is 1. The van der Waals surface area contributed by atoms with Gasteiger partial charge in [0.05, 0.1) is 5.69 Å². The quantitative estimate of drug-likeness (QED) is 0.236. The summed E-state index contributed by atoms with van der Waals surface area (Å²) >= 11 is 6.60. The van der Waals surface area contributed by atoms with Crippen molar-refractivity contribution >= 4 is 17.6 Å². The van der Waals surface area contributed by atoms with Crippen molar-refractivity contribution in [2.24, 2.45) is 5.92 Å². The van der Waals surface area contributed by atoms with Gasteiger partial charge in [0.1, 0.15) is 18.5 Å². The van der Waals surface area contributed by atoms with Crippen LogP contribution in [-0.4, -0.2) is 61.2 Å². The van der Waals surface area contributed by atoms with E-state index in [9.17, 15) is 4.79 Å². The summed E-state index contributed by atoms with van der Waals surface area (Å²) in [5, 5.41) is 14.9. The monoisotopic (exact) mass is 549 g/mol. The number of nitrogens with one attached hydrogen (secondary N) is 1. The number of rotatable bonds is 12. The molecule has 0 unspecified atom stereocenters. The lowest BCUT2D eigenvalue weighted by Crippen LogP contribution is -2.41. The Morgan fingerprint density at radius 3 is 2.44 bits per heavy atom. The average Bonchev–Trinajstić information content (AvgIpc) is 3.55. The molecule has 39 heavy (non-hydrogen) atoms. The number of carbonyl (C=O) groups is 1. The van der Waals surface area contributed by atoms with Crippen molar-refractivity contribution in [1.29, 1.82) is 0 Å². The van der Waals surface area contributed by atoms with Gasteiger partial charge < -0.3 is 9.30 Å². The van der Waals surface area contributed by atoms with Crippen LogP contribution >= 0.6 is 11.6 Å². The molecular formula is C29H36ClN7O2. The average molecular weight is 550 g/mol. The van der Waals surface area contributed by atoms with Gasteiger partial charge in [-0.2, -0.15) is 5.21 Å². The first-order valence-corrected chi connectivity index (χ1v) is 13.7. The highest BCUT2D eigenvalue weighted by atomic mass is 35.5. The molecular weight excluding hydrogens is 514 g/mol. The number of halogens is 1. The van der Waals surface area contributed by atoms with E-state index in [1.807, 2.05) is 57.1 Å². The smallest absolute Gasteiger partial charge is 0.323 e. The van der Waals surface area contributed by atoms with Crippen molar-refractivity contribution in [2.75, 3.05) is 14.1 Å². The molecule has 4 aromatic rings. The summed E-state index contributed by atoms with van der Waals surface area (Å²) in [6, 6.07) is 16.0. The molecule has 9 nitrogen and oxygen atoms in total. The first kappa shape index (κ1) is 28.4. The summed E-state index contributed by atoms with van der Waals surface area (Å²) in [7, 11) is 3.77. The predicted octanol–water partition coefficient (Wildman–Crippen LogP) is 5.40. The van der Waals surface area contributed by atoms with E-state index in [4.69, 9.17) is 16.3 Å². The number of imidazole rings is 1. The van der Waals surface area contributed by atoms with Gasteiger partial charge >= 0.3 is 5.97 Å². The summed E-state index contributed by atoms with van der Waals surface area (Å²) in [6.07, 6.45) is 2.84. The molecule has 0 fully saturated rings. The topological polar surface area (TPSA) is 102 Å². The van der Waals surface area contributed by atoms with Gasteiger partial charge in [0, 0.05) is 18.5 Å². The van der Waals surface area contributed by atoms with Gasteiger partial charge in [-0.15, -0.1) is 10.2 Å². The van der Waals surface area contributed by atoms with E-state index in [2.05, 4.69) is 61.4 Å². The van der Waals surface area contributed by atoms with Crippen LogP contribution in [0.25, 0.3) is 22.5 Å². The van der Waals surface area contributed by atoms with E-state index in [1.54, 1.807) is 0 Å². The van der Waals surface area contributed by atoms with Crippen LogP contribution in [0.2, 0.25) is 5.15 Å². The minimum atomic E-state index is -0.331. The lowest BCUT2D eigenvalue weighted by Gasteiger charge is -2.25. The van der Waals surface area contributed by atoms with Crippen molar-refractivity contribution in [3.05, 3.63) is 70.8 Å². The maximum absolute atomic E-state index is 12.9. The third-order valence-electron chi connectivity index (χ3n) is 6.76. The first-order valence-electron chi connectivity index (χ1n) is 13.3. The van der Waals surface area contributed by atoms with E-state index in [-0.39, 0.29) is 24.5 Å². The van der Waals surface area contributed by atoms with Crippen molar-refractivity contribution < 1.29 is 9.53 Å². The number of likely N-dealkylation sites (N-methyl/N-ethyl adjacent to an activating group) is 1. The summed E-state index contributed by atoms with van der Waals surface area (Å²) < 4.78 is 7.86. The molecule has 1 atom stereocenters. The molecule has 0 amide bonds. The number of hydrogen-bond donors (Lipinski definition) is 1. The molecule has 0 saturated carbocycles. The largest absolute Gasteiger partial charge is 0.458 e. The fraction of sp³-hybridized carbons (Fsp3) is 0.414. The maximum Gasteiger partial charge on any atom is 0.323 e. The maximum atomic E-state index is 12.9. The van der Waals surface area contributed by atoms with Crippen molar-refractivity contribution in [3.8, 4) is 22.5 Å². The van der Waals surface area contributed by atoms with Gasteiger partial charge in [-0.1, -0.05) is 87.3 Å². The molecule has 0 radical (unpaired) electrons. The second kappa shape index (κ2) is 13.0. The number of aryl methyl sites for hydroxylation is 1. The molecule has 2 aromatic carbocycles. The Balaban J connectivity index is 1.58. The zero-order valence-corrected chi connectivity index (χ0v) is 23.9. The third kappa shape index (κ3) is 6.72. The predicted molar refractivity (Wildman–Crippen MR) is 152 cm³/mol. The lowest BCUT2D eigenvalue weighted by atomic mass is 9.98. The number of nitrogens with zero attached hydrogens (tertiary/aromatic N) is 6. The van der Waals surface area contributed by atoms with Gasteiger partial charge in [0.25, 0.3) is 0 Å². The number of carbonyl (C=O) groups excluding carboxylic acids is 1. The van der Waals surface area contributed by atoms with E-state index in [0.29, 0.717) is 23.2 Å². The van der Waals surface area contributed by atoms with Gasteiger partial charge in [0.15, 0.2) is 5.15 Å². The zero-order valence-electron chi connectivity index (χ0n) is 23.2. The van der Waals surface area contributed by atoms with Crippen LogP contribution in [0.1, 0.15) is 50.7 Å². The van der Waals surface area contributed by atoms with Crippen LogP contribution in [0.15, 0.2) is 48.5 Å². The Bertz CT molecular complexity index is 1360. The normalized spacial score (nSPS) is 12.3. The fourth-order valence-electron chi connectivity index (χ4n) is 4.84. The second-order valence-corrected chi connectivity index (χ2v) is 10.6. The molecule has 206 valence electrons. The summed E-state index contributed by atoms with van der Waals surface area (Å²) in [5.74, 6) is 1.30. The Morgan fingerprint density at radius 2 is 1.82 bits per heavy atom. The number of tetrazole rings is 1. The number of H-pyrrole nitrogens is 1. The zero-order chi connectivity index (χ0) is 27.9. The van der Waals surface area contributed by atoms with Crippen molar-refractivity contribution in [3.63, 3.8) is 0 Å². The molecule has 0 bridgehead atoms. The highest BCUT2D eigenvalue weighted by Gasteiger charge is 2.27. The van der Waals surface area contributed by atoms with Crippen LogP contribution in [0, 0.1) is 5.92 Å². The molecule has 0 saturated heterocycles. The SMILES string of the molecule is CCCCc1nc(Cl)c(COC(=O)[C@@H](C(C)C)N(C)C)n1Cc1ccc(-c2ccccc2-c2nn[nH]n2)cc1. The molecule has 0 spiro atoms. The Kier molecular flexibility index (Phi) is 9.48. The first-order chi connectivity index (χ1) is 18.8.